The van der Waals surface area contributed by atoms with Crippen molar-refractivity contribution in [3.05, 3.63) is 0 Å². The van der Waals surface area contributed by atoms with E-state index in [1.165, 1.54) is 0 Å². The Morgan fingerprint density at radius 3 is 2.57 bits per heavy atom. The van der Waals surface area contributed by atoms with E-state index < -0.39 is 21.5 Å². The van der Waals surface area contributed by atoms with Crippen LogP contribution >= 0.6 is 0 Å². The number of rotatable bonds is 5. The molecule has 0 aliphatic heterocycles. The standard InChI is InChI=1S/C9H15NO3S/c1-4-6-14(12,13)7-9(11)10-8(3)5-2/h1,8H,5-7H2,2-3H3,(H,10,11). The number of hydrogen-bond donors (Lipinski definition) is 1. The van der Waals surface area contributed by atoms with E-state index in [0.29, 0.717) is 0 Å². The highest BCUT2D eigenvalue weighted by molar-refractivity contribution is 7.92. The summed E-state index contributed by atoms with van der Waals surface area (Å²) < 4.78 is 22.2. The predicted molar refractivity (Wildman–Crippen MR) is 55.4 cm³/mol. The molecule has 80 valence electrons. The molecular formula is C9H15NO3S. The summed E-state index contributed by atoms with van der Waals surface area (Å²) >= 11 is 0. The zero-order valence-corrected chi connectivity index (χ0v) is 9.23. The molecule has 0 aliphatic rings. The van der Waals surface area contributed by atoms with Gasteiger partial charge < -0.3 is 5.32 Å². The van der Waals surface area contributed by atoms with Crippen molar-refractivity contribution >= 4 is 15.7 Å². The van der Waals surface area contributed by atoms with Crippen molar-refractivity contribution < 1.29 is 13.2 Å². The van der Waals surface area contributed by atoms with Gasteiger partial charge in [-0.05, 0) is 13.3 Å². The molecule has 0 radical (unpaired) electrons. The Morgan fingerprint density at radius 2 is 2.14 bits per heavy atom. The molecule has 1 amide bonds. The fourth-order valence-electron chi connectivity index (χ4n) is 0.796. The van der Waals surface area contributed by atoms with Crippen molar-refractivity contribution in [1.82, 2.24) is 5.32 Å². The number of carbonyl (C=O) groups excluding carboxylic acids is 1. The minimum Gasteiger partial charge on any atom is -0.353 e. The van der Waals surface area contributed by atoms with Crippen LogP contribution in [0.25, 0.3) is 0 Å². The molecule has 5 heteroatoms. The van der Waals surface area contributed by atoms with Crippen LogP contribution in [0.4, 0.5) is 0 Å². The summed E-state index contributed by atoms with van der Waals surface area (Å²) in [6.07, 6.45) is 5.62. The summed E-state index contributed by atoms with van der Waals surface area (Å²) in [5.74, 6) is 0.607. The van der Waals surface area contributed by atoms with Crippen LogP contribution < -0.4 is 5.32 Å². The van der Waals surface area contributed by atoms with Gasteiger partial charge in [0.1, 0.15) is 11.5 Å². The van der Waals surface area contributed by atoms with Gasteiger partial charge in [0.2, 0.25) is 5.91 Å². The highest BCUT2D eigenvalue weighted by atomic mass is 32.2. The third-order valence-corrected chi connectivity index (χ3v) is 2.98. The Hall–Kier alpha value is -1.02. The fraction of sp³-hybridized carbons (Fsp3) is 0.667. The van der Waals surface area contributed by atoms with Crippen LogP contribution in [0.5, 0.6) is 0 Å². The van der Waals surface area contributed by atoms with E-state index in [4.69, 9.17) is 6.42 Å². The third kappa shape index (κ3) is 5.60. The number of sulfone groups is 1. The van der Waals surface area contributed by atoms with Gasteiger partial charge in [0.25, 0.3) is 0 Å². The van der Waals surface area contributed by atoms with Gasteiger partial charge in [-0.2, -0.15) is 0 Å². The van der Waals surface area contributed by atoms with E-state index in [1.807, 2.05) is 19.8 Å². The topological polar surface area (TPSA) is 63.2 Å². The maximum absolute atomic E-state index is 11.1. The minimum absolute atomic E-state index is 0.0106. The quantitative estimate of drug-likeness (QED) is 0.657. The van der Waals surface area contributed by atoms with Gasteiger partial charge in [-0.1, -0.05) is 12.8 Å². The van der Waals surface area contributed by atoms with Crippen molar-refractivity contribution in [3.63, 3.8) is 0 Å². The molecule has 0 heterocycles. The lowest BCUT2D eigenvalue weighted by atomic mass is 10.3. The van der Waals surface area contributed by atoms with Crippen LogP contribution in [0.1, 0.15) is 20.3 Å². The molecule has 0 saturated heterocycles. The van der Waals surface area contributed by atoms with Gasteiger partial charge in [0, 0.05) is 6.04 Å². The van der Waals surface area contributed by atoms with Gasteiger partial charge >= 0.3 is 0 Å². The fourth-order valence-corrected chi connectivity index (χ4v) is 1.64. The average molecular weight is 217 g/mol. The molecule has 0 bridgehead atoms. The Bertz CT molecular complexity index is 326. The van der Waals surface area contributed by atoms with Gasteiger partial charge in [-0.25, -0.2) is 8.42 Å². The molecule has 4 nitrogen and oxygen atoms in total. The second-order valence-electron chi connectivity index (χ2n) is 3.11. The molecule has 0 aromatic rings. The summed E-state index contributed by atoms with van der Waals surface area (Å²) in [5, 5.41) is 2.56. The summed E-state index contributed by atoms with van der Waals surface area (Å²) in [5.41, 5.74) is 0. The zero-order chi connectivity index (χ0) is 11.2. The molecule has 0 rings (SSSR count). The van der Waals surface area contributed by atoms with Crippen LogP contribution in [0.2, 0.25) is 0 Å². The molecule has 0 aromatic carbocycles. The Labute approximate surface area is 85.0 Å². The van der Waals surface area contributed by atoms with Crippen LogP contribution in [0, 0.1) is 12.3 Å². The molecule has 0 aliphatic carbocycles. The van der Waals surface area contributed by atoms with E-state index in [1.54, 1.807) is 0 Å². The maximum Gasteiger partial charge on any atom is 0.235 e. The lowest BCUT2D eigenvalue weighted by molar-refractivity contribution is -0.119. The Balaban J connectivity index is 4.15. The van der Waals surface area contributed by atoms with Crippen molar-refractivity contribution in [3.8, 4) is 12.3 Å². The minimum atomic E-state index is -3.43. The average Bonchev–Trinajstić information content (AvgIpc) is 2.02. The summed E-state index contributed by atoms with van der Waals surface area (Å²) in [6, 6.07) is -0.0106. The summed E-state index contributed by atoms with van der Waals surface area (Å²) in [4.78, 5) is 11.1. The van der Waals surface area contributed by atoms with E-state index in [2.05, 4.69) is 5.32 Å². The second-order valence-corrected chi connectivity index (χ2v) is 5.18. The zero-order valence-electron chi connectivity index (χ0n) is 8.41. The molecule has 1 N–H and O–H groups in total. The number of nitrogens with one attached hydrogen (secondary N) is 1. The number of terminal acetylenes is 1. The smallest absolute Gasteiger partial charge is 0.235 e. The Morgan fingerprint density at radius 1 is 1.57 bits per heavy atom. The maximum atomic E-state index is 11.1. The van der Waals surface area contributed by atoms with Crippen molar-refractivity contribution in [1.29, 1.82) is 0 Å². The first kappa shape index (κ1) is 13.0. The van der Waals surface area contributed by atoms with E-state index in [0.717, 1.165) is 6.42 Å². The van der Waals surface area contributed by atoms with E-state index in [-0.39, 0.29) is 11.8 Å². The lowest BCUT2D eigenvalue weighted by Gasteiger charge is -2.10. The first-order chi connectivity index (χ1) is 6.41. The monoisotopic (exact) mass is 217 g/mol. The number of amides is 1. The van der Waals surface area contributed by atoms with Gasteiger partial charge in [-0.15, -0.1) is 6.42 Å². The largest absolute Gasteiger partial charge is 0.353 e. The van der Waals surface area contributed by atoms with Gasteiger partial charge in [0.05, 0.1) is 0 Å². The molecule has 1 unspecified atom stereocenters. The highest BCUT2D eigenvalue weighted by Crippen LogP contribution is 1.92. The predicted octanol–water partition coefficient (Wildman–Crippen LogP) is -0.0509. The van der Waals surface area contributed by atoms with E-state index in [9.17, 15) is 13.2 Å². The van der Waals surface area contributed by atoms with Crippen molar-refractivity contribution in [2.75, 3.05) is 11.5 Å². The first-order valence-electron chi connectivity index (χ1n) is 4.34. The van der Waals surface area contributed by atoms with Crippen LogP contribution in [-0.2, 0) is 14.6 Å². The summed E-state index contributed by atoms with van der Waals surface area (Å²) in [6.45, 7) is 3.71. The van der Waals surface area contributed by atoms with Crippen molar-refractivity contribution in [2.45, 2.75) is 26.3 Å². The van der Waals surface area contributed by atoms with Crippen LogP contribution in [0.15, 0.2) is 0 Å². The molecule has 0 aromatic heterocycles. The van der Waals surface area contributed by atoms with Crippen LogP contribution in [0.3, 0.4) is 0 Å². The number of hydrogen-bond acceptors (Lipinski definition) is 3. The van der Waals surface area contributed by atoms with E-state index >= 15 is 0 Å². The second kappa shape index (κ2) is 5.66. The Kier molecular flexibility index (Phi) is 5.24. The van der Waals surface area contributed by atoms with Crippen molar-refractivity contribution in [2.24, 2.45) is 0 Å². The molecule has 0 saturated carbocycles. The normalized spacial score (nSPS) is 12.9. The van der Waals surface area contributed by atoms with Gasteiger partial charge in [-0.3, -0.25) is 4.79 Å². The number of carbonyl (C=O) groups is 1. The molecular weight excluding hydrogens is 202 g/mol. The van der Waals surface area contributed by atoms with Gasteiger partial charge in [0.15, 0.2) is 9.84 Å². The summed E-state index contributed by atoms with van der Waals surface area (Å²) in [7, 11) is -3.43. The van der Waals surface area contributed by atoms with Crippen LogP contribution in [-0.4, -0.2) is 31.9 Å². The first-order valence-corrected chi connectivity index (χ1v) is 6.16. The molecule has 0 fully saturated rings. The molecule has 14 heavy (non-hydrogen) atoms. The lowest BCUT2D eigenvalue weighted by Crippen LogP contribution is -2.36. The SMILES string of the molecule is C#CCS(=O)(=O)CC(=O)NC(C)CC. The third-order valence-electron chi connectivity index (χ3n) is 1.67. The highest BCUT2D eigenvalue weighted by Gasteiger charge is 2.16. The molecule has 1 atom stereocenters. The molecule has 0 spiro atoms.